The summed E-state index contributed by atoms with van der Waals surface area (Å²) >= 11 is 5.93. The molecular formula is C11H16ClOSi. The lowest BCUT2D eigenvalue weighted by molar-refractivity contribution is 0.133. The molecule has 0 unspecified atom stereocenters. The van der Waals surface area contributed by atoms with E-state index < -0.39 is 9.04 Å². The SMILES string of the molecule is CC(C)(C)O[Si](CCl)c1ccccc1. The maximum absolute atomic E-state index is 5.94. The summed E-state index contributed by atoms with van der Waals surface area (Å²) in [7, 11) is -1.05. The monoisotopic (exact) mass is 227 g/mol. The van der Waals surface area contributed by atoms with Crippen LogP contribution in [-0.2, 0) is 4.43 Å². The fourth-order valence-corrected chi connectivity index (χ4v) is 3.41. The lowest BCUT2D eigenvalue weighted by Crippen LogP contribution is -2.41. The van der Waals surface area contributed by atoms with Gasteiger partial charge in [0.25, 0.3) is 9.04 Å². The molecule has 0 aromatic heterocycles. The van der Waals surface area contributed by atoms with Gasteiger partial charge in [-0.3, -0.25) is 0 Å². The summed E-state index contributed by atoms with van der Waals surface area (Å²) in [5.41, 5.74) is 0.477. The van der Waals surface area contributed by atoms with Crippen molar-refractivity contribution in [2.45, 2.75) is 26.4 Å². The Morgan fingerprint density at radius 1 is 1.21 bits per heavy atom. The molecule has 0 saturated heterocycles. The van der Waals surface area contributed by atoms with Crippen LogP contribution < -0.4 is 5.19 Å². The number of alkyl halides is 1. The van der Waals surface area contributed by atoms with Gasteiger partial charge in [-0.05, 0) is 26.0 Å². The molecule has 1 aromatic carbocycles. The van der Waals surface area contributed by atoms with Crippen molar-refractivity contribution in [2.24, 2.45) is 0 Å². The third-order valence-corrected chi connectivity index (χ3v) is 4.45. The minimum absolute atomic E-state index is 0.112. The van der Waals surface area contributed by atoms with Gasteiger partial charge < -0.3 is 4.43 Å². The van der Waals surface area contributed by atoms with E-state index in [1.165, 1.54) is 5.19 Å². The Morgan fingerprint density at radius 3 is 2.21 bits per heavy atom. The molecule has 1 nitrogen and oxygen atoms in total. The lowest BCUT2D eigenvalue weighted by atomic mass is 10.2. The fourth-order valence-electron chi connectivity index (χ4n) is 1.16. The van der Waals surface area contributed by atoms with Crippen molar-refractivity contribution in [3.05, 3.63) is 30.3 Å². The van der Waals surface area contributed by atoms with Gasteiger partial charge in [0, 0.05) is 11.1 Å². The highest BCUT2D eigenvalue weighted by Gasteiger charge is 2.21. The van der Waals surface area contributed by atoms with Crippen molar-refractivity contribution in [1.82, 2.24) is 0 Å². The summed E-state index contributed by atoms with van der Waals surface area (Å²) in [6.07, 6.45) is 0. The van der Waals surface area contributed by atoms with Gasteiger partial charge in [-0.25, -0.2) is 0 Å². The van der Waals surface area contributed by atoms with Gasteiger partial charge in [0.2, 0.25) is 0 Å². The first-order valence-corrected chi connectivity index (χ1v) is 6.84. The van der Waals surface area contributed by atoms with Crippen LogP contribution in [0.1, 0.15) is 20.8 Å². The molecular weight excluding hydrogens is 212 g/mol. The van der Waals surface area contributed by atoms with E-state index in [2.05, 4.69) is 32.9 Å². The molecule has 14 heavy (non-hydrogen) atoms. The van der Waals surface area contributed by atoms with Gasteiger partial charge in [-0.1, -0.05) is 30.3 Å². The van der Waals surface area contributed by atoms with Crippen LogP contribution in [0.4, 0.5) is 0 Å². The van der Waals surface area contributed by atoms with Crippen molar-refractivity contribution in [3.63, 3.8) is 0 Å². The molecule has 0 aliphatic carbocycles. The average Bonchev–Trinajstić information content (AvgIpc) is 2.14. The first-order chi connectivity index (χ1) is 6.53. The minimum Gasteiger partial charge on any atom is -0.406 e. The van der Waals surface area contributed by atoms with Crippen molar-refractivity contribution in [3.8, 4) is 0 Å². The van der Waals surface area contributed by atoms with Crippen molar-refractivity contribution in [2.75, 3.05) is 5.50 Å². The van der Waals surface area contributed by atoms with E-state index in [9.17, 15) is 0 Å². The molecule has 0 amide bonds. The number of hydrogen-bond acceptors (Lipinski definition) is 1. The van der Waals surface area contributed by atoms with Crippen LogP contribution in [-0.4, -0.2) is 20.1 Å². The second kappa shape index (κ2) is 4.96. The predicted octanol–water partition coefficient (Wildman–Crippen LogP) is 2.48. The lowest BCUT2D eigenvalue weighted by Gasteiger charge is -2.25. The van der Waals surface area contributed by atoms with Gasteiger partial charge in [0.15, 0.2) is 0 Å². The second-order valence-corrected chi connectivity index (χ2v) is 6.83. The van der Waals surface area contributed by atoms with Crippen LogP contribution in [0.2, 0.25) is 0 Å². The molecule has 1 aromatic rings. The zero-order chi connectivity index (χ0) is 10.6. The Balaban J connectivity index is 2.73. The summed E-state index contributed by atoms with van der Waals surface area (Å²) in [5, 5.41) is 1.24. The van der Waals surface area contributed by atoms with E-state index in [-0.39, 0.29) is 5.60 Å². The summed E-state index contributed by atoms with van der Waals surface area (Å²) < 4.78 is 5.94. The molecule has 0 saturated carbocycles. The highest BCUT2D eigenvalue weighted by molar-refractivity contribution is 6.74. The van der Waals surface area contributed by atoms with E-state index in [0.717, 1.165) is 0 Å². The van der Waals surface area contributed by atoms with E-state index >= 15 is 0 Å². The average molecular weight is 228 g/mol. The highest BCUT2D eigenvalue weighted by Crippen LogP contribution is 2.09. The minimum atomic E-state index is -1.05. The summed E-state index contributed by atoms with van der Waals surface area (Å²) in [5.74, 6) is 0. The molecule has 0 heterocycles. The normalized spacial score (nSPS) is 12.1. The summed E-state index contributed by atoms with van der Waals surface area (Å²) in [4.78, 5) is 0. The predicted molar refractivity (Wildman–Crippen MR) is 63.4 cm³/mol. The molecule has 0 N–H and O–H groups in total. The van der Waals surface area contributed by atoms with Gasteiger partial charge >= 0.3 is 0 Å². The fraction of sp³-hybridized carbons (Fsp3) is 0.455. The first kappa shape index (κ1) is 11.8. The first-order valence-electron chi connectivity index (χ1n) is 4.69. The van der Waals surface area contributed by atoms with Gasteiger partial charge in [-0.2, -0.15) is 0 Å². The molecule has 1 radical (unpaired) electrons. The number of halogens is 1. The molecule has 0 aliphatic heterocycles. The Morgan fingerprint density at radius 2 is 1.79 bits per heavy atom. The summed E-state index contributed by atoms with van der Waals surface area (Å²) in [6, 6.07) is 10.2. The molecule has 3 heteroatoms. The molecule has 1 rings (SSSR count). The Bertz CT molecular complexity index is 268. The second-order valence-electron chi connectivity index (χ2n) is 4.14. The maximum Gasteiger partial charge on any atom is 0.262 e. The number of rotatable bonds is 3. The Labute approximate surface area is 92.8 Å². The van der Waals surface area contributed by atoms with Crippen molar-refractivity contribution >= 4 is 25.8 Å². The maximum atomic E-state index is 5.94. The molecule has 0 atom stereocenters. The van der Waals surface area contributed by atoms with E-state index in [1.807, 2.05) is 18.2 Å². The summed E-state index contributed by atoms with van der Waals surface area (Å²) in [6.45, 7) is 6.19. The third-order valence-electron chi connectivity index (χ3n) is 1.65. The molecule has 0 fully saturated rings. The smallest absolute Gasteiger partial charge is 0.262 e. The molecule has 0 spiro atoms. The van der Waals surface area contributed by atoms with Crippen LogP contribution in [0.25, 0.3) is 0 Å². The number of benzene rings is 1. The third kappa shape index (κ3) is 3.82. The zero-order valence-corrected chi connectivity index (χ0v) is 10.6. The topological polar surface area (TPSA) is 9.23 Å². The van der Waals surface area contributed by atoms with E-state index in [4.69, 9.17) is 16.0 Å². The highest BCUT2D eigenvalue weighted by atomic mass is 35.5. The molecule has 0 bridgehead atoms. The quantitative estimate of drug-likeness (QED) is 0.570. The van der Waals surface area contributed by atoms with E-state index in [1.54, 1.807) is 0 Å². The molecule has 77 valence electrons. The van der Waals surface area contributed by atoms with Gasteiger partial charge in [0.1, 0.15) is 0 Å². The van der Waals surface area contributed by atoms with Crippen molar-refractivity contribution in [1.29, 1.82) is 0 Å². The Kier molecular flexibility index (Phi) is 4.17. The van der Waals surface area contributed by atoms with Crippen LogP contribution >= 0.6 is 11.6 Å². The Hall–Kier alpha value is -0.313. The van der Waals surface area contributed by atoms with Crippen LogP contribution in [0, 0.1) is 0 Å². The van der Waals surface area contributed by atoms with Crippen LogP contribution in [0.3, 0.4) is 0 Å². The largest absolute Gasteiger partial charge is 0.406 e. The molecule has 0 aliphatic rings. The van der Waals surface area contributed by atoms with Gasteiger partial charge in [-0.15, -0.1) is 11.6 Å². The number of hydrogen-bond donors (Lipinski definition) is 0. The van der Waals surface area contributed by atoms with Crippen LogP contribution in [0.15, 0.2) is 30.3 Å². The van der Waals surface area contributed by atoms with Gasteiger partial charge in [0.05, 0.1) is 0 Å². The zero-order valence-electron chi connectivity index (χ0n) is 8.88. The van der Waals surface area contributed by atoms with E-state index in [0.29, 0.717) is 5.50 Å². The standard InChI is InChI=1S/C11H16ClOSi/c1-11(2,3)13-14(9-12)10-7-5-4-6-8-10/h4-8H,9H2,1-3H3. The van der Waals surface area contributed by atoms with Crippen molar-refractivity contribution < 1.29 is 4.43 Å². The van der Waals surface area contributed by atoms with Crippen LogP contribution in [0.5, 0.6) is 0 Å².